The number of amides is 1. The number of hydrogen-bond acceptors (Lipinski definition) is 4. The van der Waals surface area contributed by atoms with Gasteiger partial charge in [-0.1, -0.05) is 29.8 Å². The fraction of sp³-hybridized carbons (Fsp3) is 0.158. The Balaban J connectivity index is 1.71. The number of ether oxygens (including phenoxy) is 2. The maximum Gasteiger partial charge on any atom is 0.269 e. The van der Waals surface area contributed by atoms with Gasteiger partial charge < -0.3 is 14.8 Å². The molecule has 0 spiro atoms. The maximum absolute atomic E-state index is 12.4. The molecule has 6 nitrogen and oxygen atoms in total. The average molecular weight is 372 g/mol. The molecule has 1 heterocycles. The van der Waals surface area contributed by atoms with E-state index >= 15 is 0 Å². The summed E-state index contributed by atoms with van der Waals surface area (Å²) < 4.78 is 10.5. The van der Waals surface area contributed by atoms with Gasteiger partial charge in [-0.15, -0.1) is 0 Å². The van der Waals surface area contributed by atoms with Gasteiger partial charge in [0.05, 0.1) is 24.9 Å². The summed E-state index contributed by atoms with van der Waals surface area (Å²) in [5.74, 6) is 1.06. The monoisotopic (exact) mass is 371 g/mol. The number of rotatable bonds is 6. The van der Waals surface area contributed by atoms with Gasteiger partial charge in [0, 0.05) is 23.7 Å². The molecular formula is C19H18ClN3O3. The first kappa shape index (κ1) is 17.8. The van der Waals surface area contributed by atoms with Crippen molar-refractivity contribution in [2.24, 2.45) is 0 Å². The highest BCUT2D eigenvalue weighted by Crippen LogP contribution is 2.26. The third-order valence-electron chi connectivity index (χ3n) is 3.91. The number of carbonyl (C=O) groups excluding carboxylic acids is 1. The number of nitrogens with zero attached hydrogens (tertiary/aromatic N) is 1. The standard InChI is InChI=1S/C19H18ClN3O3/c1-25-13-8-7-12(18(9-13)26-2)11-21-19(24)17-10-16(22-23-17)14-5-3-4-6-15(14)20/h3-10H,11H2,1-2H3,(H,21,24)(H,22,23). The van der Waals surface area contributed by atoms with Crippen molar-refractivity contribution in [2.45, 2.75) is 6.54 Å². The molecule has 0 aliphatic rings. The van der Waals surface area contributed by atoms with Gasteiger partial charge in [0.25, 0.3) is 5.91 Å². The van der Waals surface area contributed by atoms with Gasteiger partial charge in [0.15, 0.2) is 0 Å². The molecule has 2 aromatic carbocycles. The minimum absolute atomic E-state index is 0.270. The van der Waals surface area contributed by atoms with Crippen molar-refractivity contribution >= 4 is 17.5 Å². The lowest BCUT2D eigenvalue weighted by molar-refractivity contribution is 0.0945. The van der Waals surface area contributed by atoms with Crippen LogP contribution in [0.3, 0.4) is 0 Å². The van der Waals surface area contributed by atoms with Crippen LogP contribution in [-0.4, -0.2) is 30.3 Å². The lowest BCUT2D eigenvalue weighted by Crippen LogP contribution is -2.23. The van der Waals surface area contributed by atoms with Crippen LogP contribution in [0.2, 0.25) is 5.02 Å². The second-order valence-electron chi connectivity index (χ2n) is 5.51. The molecule has 0 aliphatic heterocycles. The molecule has 1 amide bonds. The van der Waals surface area contributed by atoms with Crippen molar-refractivity contribution in [2.75, 3.05) is 14.2 Å². The average Bonchev–Trinajstić information content (AvgIpc) is 3.16. The third-order valence-corrected chi connectivity index (χ3v) is 4.24. The molecule has 0 fully saturated rings. The molecule has 134 valence electrons. The van der Waals surface area contributed by atoms with Crippen molar-refractivity contribution in [1.29, 1.82) is 0 Å². The smallest absolute Gasteiger partial charge is 0.269 e. The molecular weight excluding hydrogens is 354 g/mol. The molecule has 0 unspecified atom stereocenters. The largest absolute Gasteiger partial charge is 0.497 e. The van der Waals surface area contributed by atoms with E-state index in [2.05, 4.69) is 15.5 Å². The molecule has 3 aromatic rings. The molecule has 0 saturated heterocycles. The third kappa shape index (κ3) is 3.81. The van der Waals surface area contributed by atoms with Gasteiger partial charge in [-0.25, -0.2) is 0 Å². The summed E-state index contributed by atoms with van der Waals surface area (Å²) in [5, 5.41) is 10.3. The second kappa shape index (κ2) is 7.93. The number of methoxy groups -OCH3 is 2. The number of aromatic amines is 1. The van der Waals surface area contributed by atoms with Crippen molar-refractivity contribution < 1.29 is 14.3 Å². The Kier molecular flexibility index (Phi) is 5.43. The van der Waals surface area contributed by atoms with E-state index in [1.54, 1.807) is 32.4 Å². The molecule has 0 saturated carbocycles. The summed E-state index contributed by atoms with van der Waals surface area (Å²) in [4.78, 5) is 12.4. The first-order valence-corrected chi connectivity index (χ1v) is 8.29. The first-order valence-electron chi connectivity index (χ1n) is 7.91. The van der Waals surface area contributed by atoms with Gasteiger partial charge in [0.1, 0.15) is 17.2 Å². The summed E-state index contributed by atoms with van der Waals surface area (Å²) in [5.41, 5.74) is 2.57. The number of nitrogens with one attached hydrogen (secondary N) is 2. The van der Waals surface area contributed by atoms with Crippen molar-refractivity contribution in [1.82, 2.24) is 15.5 Å². The van der Waals surface area contributed by atoms with E-state index in [0.29, 0.717) is 34.5 Å². The quantitative estimate of drug-likeness (QED) is 0.693. The topological polar surface area (TPSA) is 76.2 Å². The molecule has 0 bridgehead atoms. The first-order chi connectivity index (χ1) is 12.6. The minimum atomic E-state index is -0.270. The number of hydrogen-bond donors (Lipinski definition) is 2. The Morgan fingerprint density at radius 1 is 1.15 bits per heavy atom. The molecule has 3 rings (SSSR count). The van der Waals surface area contributed by atoms with E-state index in [1.165, 1.54) is 0 Å². The molecule has 0 atom stereocenters. The van der Waals surface area contributed by atoms with Gasteiger partial charge in [-0.05, 0) is 24.3 Å². The highest BCUT2D eigenvalue weighted by molar-refractivity contribution is 6.33. The van der Waals surface area contributed by atoms with Crippen LogP contribution in [0.1, 0.15) is 16.1 Å². The van der Waals surface area contributed by atoms with Crippen molar-refractivity contribution in [3.8, 4) is 22.8 Å². The van der Waals surface area contributed by atoms with Crippen LogP contribution < -0.4 is 14.8 Å². The molecule has 0 radical (unpaired) electrons. The zero-order chi connectivity index (χ0) is 18.5. The predicted octanol–water partition coefficient (Wildman–Crippen LogP) is 3.68. The SMILES string of the molecule is COc1ccc(CNC(=O)c2cc(-c3ccccc3Cl)n[nH]2)c(OC)c1. The molecule has 7 heteroatoms. The summed E-state index contributed by atoms with van der Waals surface area (Å²) in [6.07, 6.45) is 0. The maximum atomic E-state index is 12.4. The Bertz CT molecular complexity index is 924. The number of aromatic nitrogens is 2. The summed E-state index contributed by atoms with van der Waals surface area (Å²) in [6, 6.07) is 14.4. The van der Waals surface area contributed by atoms with Crippen LogP contribution in [0, 0.1) is 0 Å². The zero-order valence-electron chi connectivity index (χ0n) is 14.4. The summed E-state index contributed by atoms with van der Waals surface area (Å²) in [7, 11) is 3.16. The van der Waals surface area contributed by atoms with E-state index in [1.807, 2.05) is 30.3 Å². The minimum Gasteiger partial charge on any atom is -0.497 e. The zero-order valence-corrected chi connectivity index (χ0v) is 15.1. The van der Waals surface area contributed by atoms with Gasteiger partial charge in [0.2, 0.25) is 0 Å². The molecule has 1 aromatic heterocycles. The van der Waals surface area contributed by atoms with Gasteiger partial charge >= 0.3 is 0 Å². The lowest BCUT2D eigenvalue weighted by Gasteiger charge is -2.10. The fourth-order valence-electron chi connectivity index (χ4n) is 2.51. The molecule has 26 heavy (non-hydrogen) atoms. The highest BCUT2D eigenvalue weighted by atomic mass is 35.5. The Morgan fingerprint density at radius 3 is 2.69 bits per heavy atom. The second-order valence-corrected chi connectivity index (χ2v) is 5.91. The predicted molar refractivity (Wildman–Crippen MR) is 99.7 cm³/mol. The summed E-state index contributed by atoms with van der Waals surface area (Å²) >= 11 is 6.17. The van der Waals surface area contributed by atoms with Crippen molar-refractivity contribution in [3.63, 3.8) is 0 Å². The van der Waals surface area contributed by atoms with E-state index in [9.17, 15) is 4.79 Å². The van der Waals surface area contributed by atoms with E-state index in [4.69, 9.17) is 21.1 Å². The van der Waals surface area contributed by atoms with Gasteiger partial charge in [-0.3, -0.25) is 9.89 Å². The Hall–Kier alpha value is -2.99. The van der Waals surface area contributed by atoms with Crippen LogP contribution >= 0.6 is 11.6 Å². The van der Waals surface area contributed by atoms with E-state index < -0.39 is 0 Å². The number of benzene rings is 2. The Labute approximate surface area is 156 Å². The number of H-pyrrole nitrogens is 1. The van der Waals surface area contributed by atoms with Crippen molar-refractivity contribution in [3.05, 3.63) is 64.8 Å². The summed E-state index contributed by atoms with van der Waals surface area (Å²) in [6.45, 7) is 0.312. The normalized spacial score (nSPS) is 10.4. The fourth-order valence-corrected chi connectivity index (χ4v) is 2.75. The Morgan fingerprint density at radius 2 is 1.96 bits per heavy atom. The van der Waals surface area contributed by atoms with Crippen LogP contribution in [-0.2, 0) is 6.54 Å². The number of carbonyl (C=O) groups is 1. The molecule has 0 aliphatic carbocycles. The van der Waals surface area contributed by atoms with Gasteiger partial charge in [-0.2, -0.15) is 5.10 Å². The highest BCUT2D eigenvalue weighted by Gasteiger charge is 2.13. The van der Waals surface area contributed by atoms with E-state index in [0.717, 1.165) is 11.1 Å². The van der Waals surface area contributed by atoms with Crippen LogP contribution in [0.15, 0.2) is 48.5 Å². The van der Waals surface area contributed by atoms with Crippen LogP contribution in [0.5, 0.6) is 11.5 Å². The van der Waals surface area contributed by atoms with Crippen LogP contribution in [0.25, 0.3) is 11.3 Å². The molecule has 2 N–H and O–H groups in total. The van der Waals surface area contributed by atoms with Crippen LogP contribution in [0.4, 0.5) is 0 Å². The van der Waals surface area contributed by atoms with E-state index in [-0.39, 0.29) is 5.91 Å². The number of halogens is 1. The lowest BCUT2D eigenvalue weighted by atomic mass is 10.1.